The second-order valence-electron chi connectivity index (χ2n) is 8.99. The summed E-state index contributed by atoms with van der Waals surface area (Å²) in [6.45, 7) is 2.10. The van der Waals surface area contributed by atoms with Crippen LogP contribution in [0.15, 0.2) is 73.3 Å². The van der Waals surface area contributed by atoms with Gasteiger partial charge in [0.1, 0.15) is 5.69 Å². The van der Waals surface area contributed by atoms with Gasteiger partial charge in [-0.1, -0.05) is 6.07 Å². The summed E-state index contributed by atoms with van der Waals surface area (Å²) in [4.78, 5) is 16.7. The molecule has 0 aliphatic rings. The summed E-state index contributed by atoms with van der Waals surface area (Å²) in [5, 5.41) is 5.69. The highest BCUT2D eigenvalue weighted by Crippen LogP contribution is 2.35. The molecule has 0 saturated carbocycles. The van der Waals surface area contributed by atoms with E-state index < -0.39 is 10.0 Å². The van der Waals surface area contributed by atoms with E-state index in [0.29, 0.717) is 28.2 Å². The number of H-pyrrole nitrogens is 1. The van der Waals surface area contributed by atoms with Crippen LogP contribution in [0.2, 0.25) is 0 Å². The van der Waals surface area contributed by atoms with Crippen LogP contribution in [-0.4, -0.2) is 44.4 Å². The summed E-state index contributed by atoms with van der Waals surface area (Å²) >= 11 is 0. The molecule has 2 N–H and O–H groups in total. The zero-order valence-electron chi connectivity index (χ0n) is 20.4. The fraction of sp³-hybridized carbons (Fsp3) is 0.111. The number of aromatic amines is 1. The Morgan fingerprint density at radius 3 is 2.43 bits per heavy atom. The van der Waals surface area contributed by atoms with Gasteiger partial charge in [-0.05, 0) is 66.1 Å². The van der Waals surface area contributed by atoms with Crippen LogP contribution in [0.1, 0.15) is 5.56 Å². The van der Waals surface area contributed by atoms with E-state index >= 15 is 0 Å². The van der Waals surface area contributed by atoms with Crippen LogP contribution in [0.4, 0.5) is 5.69 Å². The van der Waals surface area contributed by atoms with Crippen LogP contribution in [0.3, 0.4) is 0 Å². The molecular weight excluding hydrogens is 486 g/mol. The average Bonchev–Trinajstić information content (AvgIpc) is 3.44. The summed E-state index contributed by atoms with van der Waals surface area (Å²) < 4.78 is 27.6. The molecule has 10 heteroatoms. The van der Waals surface area contributed by atoms with E-state index in [1.54, 1.807) is 30.6 Å². The highest BCUT2D eigenvalue weighted by molar-refractivity contribution is 7.92. The molecule has 0 fully saturated rings. The summed E-state index contributed by atoms with van der Waals surface area (Å²) in [5.41, 5.74) is 8.89. The van der Waals surface area contributed by atoms with Crippen molar-refractivity contribution in [3.8, 4) is 33.8 Å². The predicted octanol–water partition coefficient (Wildman–Crippen LogP) is 4.92. The van der Waals surface area contributed by atoms with Crippen molar-refractivity contribution in [3.05, 3.63) is 78.9 Å². The van der Waals surface area contributed by atoms with Crippen molar-refractivity contribution in [1.82, 2.24) is 29.7 Å². The molecule has 9 nitrogen and oxygen atoms in total. The monoisotopic (exact) mass is 509 g/mol. The lowest BCUT2D eigenvalue weighted by Crippen LogP contribution is -2.09. The molecule has 37 heavy (non-hydrogen) atoms. The number of anilines is 1. The van der Waals surface area contributed by atoms with E-state index in [0.717, 1.165) is 45.0 Å². The van der Waals surface area contributed by atoms with E-state index in [2.05, 4.69) is 44.8 Å². The van der Waals surface area contributed by atoms with Gasteiger partial charge < -0.3 is 4.98 Å². The number of sulfonamides is 1. The molecule has 0 aliphatic carbocycles. The van der Waals surface area contributed by atoms with Gasteiger partial charge in [-0.2, -0.15) is 5.10 Å². The van der Waals surface area contributed by atoms with Crippen molar-refractivity contribution in [2.75, 3.05) is 11.0 Å². The first-order chi connectivity index (χ1) is 17.8. The summed E-state index contributed by atoms with van der Waals surface area (Å²) in [7, 11) is -1.48. The fourth-order valence-electron chi connectivity index (χ4n) is 4.65. The third-order valence-corrected chi connectivity index (χ3v) is 6.98. The zero-order valence-corrected chi connectivity index (χ0v) is 21.2. The SMILES string of the molecule is Cc1c(-c2ccncc2)cncc1-c1ccc2c(c1)c(-c1nc3ccc(NS(C)(=O)=O)cc3[nH]1)nn2C. The molecular formula is C27H23N7O2S. The second-order valence-corrected chi connectivity index (χ2v) is 10.7. The summed E-state index contributed by atoms with van der Waals surface area (Å²) in [6.07, 6.45) is 8.45. The van der Waals surface area contributed by atoms with Gasteiger partial charge in [-0.15, -0.1) is 0 Å². The number of hydrogen-bond acceptors (Lipinski definition) is 6. The Hall–Kier alpha value is -4.57. The molecule has 0 radical (unpaired) electrons. The first-order valence-electron chi connectivity index (χ1n) is 11.6. The maximum atomic E-state index is 11.6. The molecule has 6 rings (SSSR count). The number of rotatable bonds is 5. The van der Waals surface area contributed by atoms with E-state index in [1.807, 2.05) is 36.3 Å². The largest absolute Gasteiger partial charge is 0.337 e. The Labute approximate surface area is 213 Å². The minimum atomic E-state index is -3.38. The third kappa shape index (κ3) is 4.21. The first kappa shape index (κ1) is 22.9. The Balaban J connectivity index is 1.46. The van der Waals surface area contributed by atoms with Gasteiger partial charge in [0.15, 0.2) is 5.82 Å². The van der Waals surface area contributed by atoms with Crippen LogP contribution in [0.25, 0.3) is 55.7 Å². The van der Waals surface area contributed by atoms with Gasteiger partial charge in [-0.3, -0.25) is 19.4 Å². The lowest BCUT2D eigenvalue weighted by molar-refractivity contribution is 0.607. The van der Waals surface area contributed by atoms with E-state index in [-0.39, 0.29) is 0 Å². The van der Waals surface area contributed by atoms with Crippen molar-refractivity contribution in [2.45, 2.75) is 6.92 Å². The highest BCUT2D eigenvalue weighted by Gasteiger charge is 2.17. The normalized spacial score (nSPS) is 11.9. The first-order valence-corrected chi connectivity index (χ1v) is 13.5. The maximum absolute atomic E-state index is 11.6. The number of imidazole rings is 1. The van der Waals surface area contributed by atoms with E-state index in [9.17, 15) is 8.42 Å². The van der Waals surface area contributed by atoms with Crippen molar-refractivity contribution in [1.29, 1.82) is 0 Å². The summed E-state index contributed by atoms with van der Waals surface area (Å²) in [5.74, 6) is 0.606. The minimum absolute atomic E-state index is 0.468. The second kappa shape index (κ2) is 8.52. The Morgan fingerprint density at radius 2 is 1.68 bits per heavy atom. The van der Waals surface area contributed by atoms with Gasteiger partial charge in [0.05, 0.1) is 28.5 Å². The number of aromatic nitrogens is 6. The molecule has 0 bridgehead atoms. The van der Waals surface area contributed by atoms with Crippen LogP contribution >= 0.6 is 0 Å². The Bertz CT molecular complexity index is 1910. The number of hydrogen-bond donors (Lipinski definition) is 2. The highest BCUT2D eigenvalue weighted by atomic mass is 32.2. The van der Waals surface area contributed by atoms with Crippen LogP contribution < -0.4 is 4.72 Å². The summed E-state index contributed by atoms with van der Waals surface area (Å²) in [6, 6.07) is 15.4. The molecule has 0 saturated heterocycles. The maximum Gasteiger partial charge on any atom is 0.229 e. The molecule has 2 aromatic carbocycles. The molecule has 0 spiro atoms. The van der Waals surface area contributed by atoms with E-state index in [1.165, 1.54) is 0 Å². The molecule has 0 amide bonds. The van der Waals surface area contributed by atoms with Gasteiger partial charge in [0, 0.05) is 48.3 Å². The number of nitrogens with zero attached hydrogens (tertiary/aromatic N) is 5. The smallest absolute Gasteiger partial charge is 0.229 e. The molecule has 4 aromatic heterocycles. The third-order valence-electron chi connectivity index (χ3n) is 6.38. The molecule has 184 valence electrons. The van der Waals surface area contributed by atoms with Crippen molar-refractivity contribution >= 4 is 37.6 Å². The van der Waals surface area contributed by atoms with E-state index in [4.69, 9.17) is 10.1 Å². The molecule has 6 aromatic rings. The number of fused-ring (bicyclic) bond motifs is 2. The minimum Gasteiger partial charge on any atom is -0.337 e. The average molecular weight is 510 g/mol. The van der Waals surface area contributed by atoms with Gasteiger partial charge in [0.25, 0.3) is 0 Å². The number of aryl methyl sites for hydroxylation is 1. The number of nitrogens with one attached hydrogen (secondary N) is 2. The van der Waals surface area contributed by atoms with Crippen LogP contribution in [0.5, 0.6) is 0 Å². The Kier molecular flexibility index (Phi) is 5.27. The quantitative estimate of drug-likeness (QED) is 0.341. The van der Waals surface area contributed by atoms with Gasteiger partial charge >= 0.3 is 0 Å². The Morgan fingerprint density at radius 1 is 0.919 bits per heavy atom. The number of benzene rings is 2. The van der Waals surface area contributed by atoms with Crippen molar-refractivity contribution in [3.63, 3.8) is 0 Å². The molecule has 0 aliphatic heterocycles. The van der Waals surface area contributed by atoms with Gasteiger partial charge in [0.2, 0.25) is 10.0 Å². The van der Waals surface area contributed by atoms with Gasteiger partial charge in [-0.25, -0.2) is 13.4 Å². The number of pyridine rings is 2. The molecule has 4 heterocycles. The standard InChI is InChI=1S/C27H23N7O2S/c1-16-21(17-8-10-28-11-9-17)14-29-15-22(16)18-4-7-25-20(12-18)26(32-34(25)2)27-30-23-6-5-19(13-24(23)31-27)33-37(3,35)36/h4-15,33H,1-3H3,(H,30,31). The zero-order chi connectivity index (χ0) is 25.7. The molecule has 0 atom stereocenters. The lowest BCUT2D eigenvalue weighted by Gasteiger charge is -2.11. The topological polar surface area (TPSA) is 118 Å². The van der Waals surface area contributed by atoms with Crippen LogP contribution in [-0.2, 0) is 17.1 Å². The predicted molar refractivity (Wildman–Crippen MR) is 145 cm³/mol. The van der Waals surface area contributed by atoms with Crippen LogP contribution in [0, 0.1) is 6.92 Å². The van der Waals surface area contributed by atoms with Crippen molar-refractivity contribution < 1.29 is 8.42 Å². The fourth-order valence-corrected chi connectivity index (χ4v) is 5.20. The van der Waals surface area contributed by atoms with Crippen molar-refractivity contribution in [2.24, 2.45) is 7.05 Å². The molecule has 0 unspecified atom stereocenters. The lowest BCUT2D eigenvalue weighted by atomic mass is 9.95.